The second kappa shape index (κ2) is 3.85. The van der Waals surface area contributed by atoms with E-state index < -0.39 is 0 Å². The van der Waals surface area contributed by atoms with Crippen molar-refractivity contribution in [2.45, 2.75) is 25.7 Å². The average Bonchev–Trinajstić information content (AvgIpc) is 2.20. The van der Waals surface area contributed by atoms with Gasteiger partial charge in [-0.25, -0.2) is 0 Å². The van der Waals surface area contributed by atoms with Crippen molar-refractivity contribution < 1.29 is 9.59 Å². The third-order valence-electron chi connectivity index (χ3n) is 2.80. The monoisotopic (exact) mass is 203 g/mol. The summed E-state index contributed by atoms with van der Waals surface area (Å²) < 4.78 is 0. The van der Waals surface area contributed by atoms with Gasteiger partial charge in [0.1, 0.15) is 0 Å². The Hall–Kier alpha value is -1.64. The first-order valence-electron chi connectivity index (χ1n) is 5.07. The van der Waals surface area contributed by atoms with Crippen LogP contribution in [0.25, 0.3) is 0 Å². The van der Waals surface area contributed by atoms with E-state index in [1.165, 1.54) is 0 Å². The normalized spacial score (nSPS) is 21.3. The molecule has 78 valence electrons. The Balaban J connectivity index is 2.28. The molecule has 0 bridgehead atoms. The van der Waals surface area contributed by atoms with Crippen LogP contribution in [-0.2, 0) is 9.59 Å². The largest absolute Gasteiger partial charge is 0.296 e. The van der Waals surface area contributed by atoms with E-state index in [2.05, 4.69) is 5.32 Å². The zero-order valence-electron chi connectivity index (χ0n) is 8.62. The third kappa shape index (κ3) is 1.91. The first-order chi connectivity index (χ1) is 7.18. The van der Waals surface area contributed by atoms with E-state index in [4.69, 9.17) is 0 Å². The number of piperidine rings is 1. The van der Waals surface area contributed by atoms with Gasteiger partial charge >= 0.3 is 0 Å². The van der Waals surface area contributed by atoms with E-state index in [0.29, 0.717) is 12.8 Å². The number of hydrogen-bond acceptors (Lipinski definition) is 2. The van der Waals surface area contributed by atoms with Crippen molar-refractivity contribution in [1.29, 1.82) is 0 Å². The van der Waals surface area contributed by atoms with Gasteiger partial charge in [0, 0.05) is 6.42 Å². The number of aryl methyl sites for hydroxylation is 1. The standard InChI is InChI=1S/C12H13NO2/c1-8-4-2-3-5-9(8)10-6-7-11(14)13-12(10)15/h2-5,10H,6-7H2,1H3,(H,13,14,15). The fourth-order valence-corrected chi connectivity index (χ4v) is 1.97. The maximum Gasteiger partial charge on any atom is 0.234 e. The van der Waals surface area contributed by atoms with Crippen LogP contribution >= 0.6 is 0 Å². The van der Waals surface area contributed by atoms with Crippen molar-refractivity contribution in [2.24, 2.45) is 0 Å². The topological polar surface area (TPSA) is 46.2 Å². The average molecular weight is 203 g/mol. The summed E-state index contributed by atoms with van der Waals surface area (Å²) in [4.78, 5) is 22.6. The number of nitrogens with one attached hydrogen (secondary N) is 1. The molecule has 2 rings (SSSR count). The minimum Gasteiger partial charge on any atom is -0.296 e. The lowest BCUT2D eigenvalue weighted by Crippen LogP contribution is -2.39. The Kier molecular flexibility index (Phi) is 2.54. The molecule has 1 aliphatic rings. The molecule has 1 aromatic carbocycles. The van der Waals surface area contributed by atoms with Crippen molar-refractivity contribution in [2.75, 3.05) is 0 Å². The summed E-state index contributed by atoms with van der Waals surface area (Å²) >= 11 is 0. The number of carbonyl (C=O) groups excluding carboxylic acids is 2. The van der Waals surface area contributed by atoms with Crippen molar-refractivity contribution in [3.05, 3.63) is 35.4 Å². The van der Waals surface area contributed by atoms with Gasteiger partial charge in [-0.3, -0.25) is 14.9 Å². The van der Waals surface area contributed by atoms with E-state index in [1.807, 2.05) is 31.2 Å². The van der Waals surface area contributed by atoms with Gasteiger partial charge in [0.2, 0.25) is 11.8 Å². The van der Waals surface area contributed by atoms with Gasteiger partial charge in [0.05, 0.1) is 5.92 Å². The van der Waals surface area contributed by atoms with Crippen LogP contribution < -0.4 is 5.32 Å². The molecular weight excluding hydrogens is 190 g/mol. The maximum absolute atomic E-state index is 11.6. The molecule has 1 heterocycles. The smallest absolute Gasteiger partial charge is 0.234 e. The molecule has 2 amide bonds. The molecule has 1 aromatic rings. The Morgan fingerprint density at radius 1 is 1.27 bits per heavy atom. The zero-order valence-corrected chi connectivity index (χ0v) is 8.62. The highest BCUT2D eigenvalue weighted by Crippen LogP contribution is 2.26. The van der Waals surface area contributed by atoms with Gasteiger partial charge in [-0.05, 0) is 24.5 Å². The number of amides is 2. The number of carbonyl (C=O) groups is 2. The van der Waals surface area contributed by atoms with E-state index in [1.54, 1.807) is 0 Å². The van der Waals surface area contributed by atoms with Gasteiger partial charge in [-0.15, -0.1) is 0 Å². The highest BCUT2D eigenvalue weighted by atomic mass is 16.2. The van der Waals surface area contributed by atoms with E-state index in [9.17, 15) is 9.59 Å². The summed E-state index contributed by atoms with van der Waals surface area (Å²) in [6.07, 6.45) is 1.06. The minimum atomic E-state index is -0.166. The summed E-state index contributed by atoms with van der Waals surface area (Å²) in [5, 5.41) is 2.38. The molecule has 0 radical (unpaired) electrons. The lowest BCUT2D eigenvalue weighted by molar-refractivity contribution is -0.134. The zero-order chi connectivity index (χ0) is 10.8. The summed E-state index contributed by atoms with van der Waals surface area (Å²) in [7, 11) is 0. The predicted octanol–water partition coefficient (Wildman–Crippen LogP) is 1.52. The fourth-order valence-electron chi connectivity index (χ4n) is 1.97. The second-order valence-corrected chi connectivity index (χ2v) is 3.86. The molecule has 1 atom stereocenters. The van der Waals surface area contributed by atoms with Crippen LogP contribution in [0, 0.1) is 6.92 Å². The Labute approximate surface area is 88.5 Å². The van der Waals surface area contributed by atoms with Crippen LogP contribution in [0.15, 0.2) is 24.3 Å². The highest BCUT2D eigenvalue weighted by Gasteiger charge is 2.28. The summed E-state index contributed by atoms with van der Waals surface area (Å²) in [6.45, 7) is 1.99. The maximum atomic E-state index is 11.6. The number of hydrogen-bond donors (Lipinski definition) is 1. The Morgan fingerprint density at radius 3 is 2.67 bits per heavy atom. The molecule has 1 N–H and O–H groups in total. The summed E-state index contributed by atoms with van der Waals surface area (Å²) in [5.41, 5.74) is 2.13. The molecule has 0 spiro atoms. The second-order valence-electron chi connectivity index (χ2n) is 3.86. The molecule has 1 saturated heterocycles. The molecule has 1 unspecified atom stereocenters. The number of rotatable bonds is 1. The van der Waals surface area contributed by atoms with Crippen LogP contribution in [0.2, 0.25) is 0 Å². The molecule has 1 aliphatic heterocycles. The van der Waals surface area contributed by atoms with Crippen molar-refractivity contribution in [3.63, 3.8) is 0 Å². The molecule has 1 fully saturated rings. The molecular formula is C12H13NO2. The first-order valence-corrected chi connectivity index (χ1v) is 5.07. The number of benzene rings is 1. The van der Waals surface area contributed by atoms with Crippen molar-refractivity contribution >= 4 is 11.8 Å². The quantitative estimate of drug-likeness (QED) is 0.703. The van der Waals surface area contributed by atoms with Crippen molar-refractivity contribution in [1.82, 2.24) is 5.32 Å². The van der Waals surface area contributed by atoms with E-state index in [-0.39, 0.29) is 17.7 Å². The summed E-state index contributed by atoms with van der Waals surface area (Å²) in [5.74, 6) is -0.491. The van der Waals surface area contributed by atoms with Crippen LogP contribution in [0.5, 0.6) is 0 Å². The van der Waals surface area contributed by atoms with Gasteiger partial charge in [0.15, 0.2) is 0 Å². The van der Waals surface area contributed by atoms with E-state index >= 15 is 0 Å². The highest BCUT2D eigenvalue weighted by molar-refractivity contribution is 6.01. The molecule has 0 aromatic heterocycles. The molecule has 15 heavy (non-hydrogen) atoms. The lowest BCUT2D eigenvalue weighted by atomic mass is 9.88. The number of imide groups is 1. The van der Waals surface area contributed by atoms with Crippen LogP contribution in [0.3, 0.4) is 0 Å². The molecule has 0 saturated carbocycles. The van der Waals surface area contributed by atoms with Crippen LogP contribution in [0.4, 0.5) is 0 Å². The lowest BCUT2D eigenvalue weighted by Gasteiger charge is -2.22. The predicted molar refractivity (Wildman–Crippen MR) is 56.3 cm³/mol. The van der Waals surface area contributed by atoms with E-state index in [0.717, 1.165) is 11.1 Å². The van der Waals surface area contributed by atoms with Gasteiger partial charge < -0.3 is 0 Å². The van der Waals surface area contributed by atoms with Gasteiger partial charge in [0.25, 0.3) is 0 Å². The van der Waals surface area contributed by atoms with Gasteiger partial charge in [-0.1, -0.05) is 24.3 Å². The SMILES string of the molecule is Cc1ccccc1C1CCC(=O)NC1=O. The van der Waals surface area contributed by atoms with Crippen LogP contribution in [0.1, 0.15) is 29.9 Å². The van der Waals surface area contributed by atoms with Gasteiger partial charge in [-0.2, -0.15) is 0 Å². The van der Waals surface area contributed by atoms with Crippen LogP contribution in [-0.4, -0.2) is 11.8 Å². The van der Waals surface area contributed by atoms with Crippen molar-refractivity contribution in [3.8, 4) is 0 Å². The molecule has 3 heteroatoms. The molecule has 0 aliphatic carbocycles. The Bertz CT molecular complexity index is 412. The third-order valence-corrected chi connectivity index (χ3v) is 2.80. The fraction of sp³-hybridized carbons (Fsp3) is 0.333. The molecule has 3 nitrogen and oxygen atoms in total. The first kappa shape index (κ1) is 9.90. The Morgan fingerprint density at radius 2 is 2.00 bits per heavy atom. The minimum absolute atomic E-state index is 0.162. The summed E-state index contributed by atoms with van der Waals surface area (Å²) in [6, 6.07) is 7.81.